The van der Waals surface area contributed by atoms with Crippen LogP contribution < -0.4 is 5.73 Å². The SMILES string of the molecule is C[C@@H]1C[C@H](N(C)C(=O)[C@H](CN)c2ccccc2)CCN1Cc1ccccc1. The van der Waals surface area contributed by atoms with Crippen molar-refractivity contribution in [3.05, 3.63) is 71.8 Å². The highest BCUT2D eigenvalue weighted by Gasteiger charge is 2.32. The molecule has 3 rings (SSSR count). The number of carbonyl (C=O) groups is 1. The van der Waals surface area contributed by atoms with Crippen LogP contribution in [0, 0.1) is 0 Å². The second-order valence-corrected chi connectivity index (χ2v) is 7.63. The van der Waals surface area contributed by atoms with Crippen LogP contribution in [0.15, 0.2) is 60.7 Å². The second kappa shape index (κ2) is 9.16. The van der Waals surface area contributed by atoms with Gasteiger partial charge in [0.2, 0.25) is 5.91 Å². The highest BCUT2D eigenvalue weighted by atomic mass is 16.2. The Morgan fingerprint density at radius 2 is 1.78 bits per heavy atom. The molecule has 0 radical (unpaired) electrons. The third-order valence-corrected chi connectivity index (χ3v) is 5.85. The molecule has 0 unspecified atom stereocenters. The average Bonchev–Trinajstić information content (AvgIpc) is 2.71. The van der Waals surface area contributed by atoms with E-state index in [1.165, 1.54) is 5.56 Å². The standard InChI is InChI=1S/C23H31N3O/c1-18-15-21(13-14-26(18)17-19-9-5-3-6-10-19)25(2)23(27)22(16-24)20-11-7-4-8-12-20/h3-12,18,21-22H,13-17,24H2,1-2H3/t18-,21-,22-/m1/s1. The van der Waals surface area contributed by atoms with Crippen molar-refractivity contribution in [2.75, 3.05) is 20.1 Å². The Bertz CT molecular complexity index is 719. The predicted molar refractivity (Wildman–Crippen MR) is 110 cm³/mol. The zero-order chi connectivity index (χ0) is 19.2. The molecule has 0 bridgehead atoms. The van der Waals surface area contributed by atoms with Crippen molar-refractivity contribution in [2.24, 2.45) is 5.73 Å². The number of hydrogen-bond donors (Lipinski definition) is 1. The Labute approximate surface area is 163 Å². The van der Waals surface area contributed by atoms with E-state index >= 15 is 0 Å². The largest absolute Gasteiger partial charge is 0.342 e. The van der Waals surface area contributed by atoms with E-state index in [1.54, 1.807) is 0 Å². The second-order valence-electron chi connectivity index (χ2n) is 7.63. The molecule has 1 heterocycles. The third-order valence-electron chi connectivity index (χ3n) is 5.85. The summed E-state index contributed by atoms with van der Waals surface area (Å²) in [5.41, 5.74) is 8.31. The molecule has 2 aromatic carbocycles. The van der Waals surface area contributed by atoms with E-state index in [-0.39, 0.29) is 17.9 Å². The van der Waals surface area contributed by atoms with Crippen LogP contribution in [0.5, 0.6) is 0 Å². The Balaban J connectivity index is 1.61. The number of carbonyl (C=O) groups excluding carboxylic acids is 1. The van der Waals surface area contributed by atoms with Crippen LogP contribution in [0.2, 0.25) is 0 Å². The van der Waals surface area contributed by atoms with Gasteiger partial charge in [-0.1, -0.05) is 60.7 Å². The number of likely N-dealkylation sites (N-methyl/N-ethyl adjacent to an activating group) is 1. The molecule has 1 amide bonds. The first-order valence-corrected chi connectivity index (χ1v) is 9.89. The molecule has 0 saturated carbocycles. The summed E-state index contributed by atoms with van der Waals surface area (Å²) in [5.74, 6) is -0.119. The van der Waals surface area contributed by atoms with Gasteiger partial charge in [0.25, 0.3) is 0 Å². The van der Waals surface area contributed by atoms with Crippen LogP contribution in [0.25, 0.3) is 0 Å². The summed E-state index contributed by atoms with van der Waals surface area (Å²) in [6, 6.07) is 21.2. The Hall–Kier alpha value is -2.17. The third kappa shape index (κ3) is 4.76. The van der Waals surface area contributed by atoms with Crippen molar-refractivity contribution in [3.8, 4) is 0 Å². The van der Waals surface area contributed by atoms with Crippen LogP contribution in [0.3, 0.4) is 0 Å². The lowest BCUT2D eigenvalue weighted by Crippen LogP contribution is -2.50. The number of piperidine rings is 1. The predicted octanol–water partition coefficient (Wildman–Crippen LogP) is 3.24. The van der Waals surface area contributed by atoms with Crippen molar-refractivity contribution < 1.29 is 4.79 Å². The van der Waals surface area contributed by atoms with Crippen LogP contribution >= 0.6 is 0 Å². The molecule has 1 aliphatic heterocycles. The summed E-state index contributed by atoms with van der Waals surface area (Å²) in [5, 5.41) is 0. The minimum absolute atomic E-state index is 0.136. The molecule has 144 valence electrons. The van der Waals surface area contributed by atoms with Crippen LogP contribution in [-0.2, 0) is 11.3 Å². The van der Waals surface area contributed by atoms with E-state index in [9.17, 15) is 4.79 Å². The van der Waals surface area contributed by atoms with E-state index < -0.39 is 0 Å². The minimum atomic E-state index is -0.256. The van der Waals surface area contributed by atoms with Gasteiger partial charge in [-0.25, -0.2) is 0 Å². The topological polar surface area (TPSA) is 49.6 Å². The zero-order valence-electron chi connectivity index (χ0n) is 16.4. The first-order chi connectivity index (χ1) is 13.1. The molecule has 0 aliphatic carbocycles. The van der Waals surface area contributed by atoms with Crippen molar-refractivity contribution in [1.82, 2.24) is 9.80 Å². The summed E-state index contributed by atoms with van der Waals surface area (Å²) < 4.78 is 0. The number of rotatable bonds is 6. The quantitative estimate of drug-likeness (QED) is 0.855. The first-order valence-electron chi connectivity index (χ1n) is 9.89. The summed E-state index contributed by atoms with van der Waals surface area (Å²) >= 11 is 0. The van der Waals surface area contributed by atoms with Gasteiger partial charge in [0.05, 0.1) is 5.92 Å². The molecule has 4 nitrogen and oxygen atoms in total. The van der Waals surface area contributed by atoms with Crippen LogP contribution in [0.1, 0.15) is 36.8 Å². The van der Waals surface area contributed by atoms with Gasteiger partial charge >= 0.3 is 0 Å². The number of hydrogen-bond acceptors (Lipinski definition) is 3. The summed E-state index contributed by atoms with van der Waals surface area (Å²) in [4.78, 5) is 17.5. The van der Waals surface area contributed by atoms with Crippen molar-refractivity contribution in [1.29, 1.82) is 0 Å². The number of benzene rings is 2. The van der Waals surface area contributed by atoms with Gasteiger partial charge in [0, 0.05) is 38.8 Å². The molecule has 1 saturated heterocycles. The molecule has 27 heavy (non-hydrogen) atoms. The fourth-order valence-corrected chi connectivity index (χ4v) is 4.09. The summed E-state index contributed by atoms with van der Waals surface area (Å²) in [7, 11) is 1.94. The highest BCUT2D eigenvalue weighted by molar-refractivity contribution is 5.84. The van der Waals surface area contributed by atoms with Crippen molar-refractivity contribution >= 4 is 5.91 Å². The van der Waals surface area contributed by atoms with Gasteiger partial charge in [0.15, 0.2) is 0 Å². The molecule has 3 atom stereocenters. The van der Waals surface area contributed by atoms with Gasteiger partial charge in [-0.2, -0.15) is 0 Å². The molecule has 1 aliphatic rings. The maximum atomic E-state index is 13.1. The number of amides is 1. The lowest BCUT2D eigenvalue weighted by Gasteiger charge is -2.42. The highest BCUT2D eigenvalue weighted by Crippen LogP contribution is 2.26. The number of nitrogens with zero attached hydrogens (tertiary/aromatic N) is 2. The van der Waals surface area contributed by atoms with E-state index in [2.05, 4.69) is 42.2 Å². The van der Waals surface area contributed by atoms with E-state index in [0.717, 1.165) is 31.5 Å². The van der Waals surface area contributed by atoms with Crippen molar-refractivity contribution in [3.63, 3.8) is 0 Å². The molecular formula is C23H31N3O. The summed E-state index contributed by atoms with van der Waals surface area (Å²) in [6.45, 7) is 4.60. The molecule has 2 N–H and O–H groups in total. The van der Waals surface area contributed by atoms with Gasteiger partial charge in [-0.15, -0.1) is 0 Å². The average molecular weight is 366 g/mol. The van der Waals surface area contributed by atoms with Crippen LogP contribution in [0.4, 0.5) is 0 Å². The summed E-state index contributed by atoms with van der Waals surface area (Å²) in [6.07, 6.45) is 2.01. The van der Waals surface area contributed by atoms with Gasteiger partial charge < -0.3 is 10.6 Å². The van der Waals surface area contributed by atoms with E-state index in [4.69, 9.17) is 5.73 Å². The Kier molecular flexibility index (Phi) is 6.64. The molecule has 4 heteroatoms. The van der Waals surface area contributed by atoms with Gasteiger partial charge in [-0.3, -0.25) is 9.69 Å². The monoisotopic (exact) mass is 365 g/mol. The van der Waals surface area contributed by atoms with E-state index in [0.29, 0.717) is 12.6 Å². The fourth-order valence-electron chi connectivity index (χ4n) is 4.09. The maximum absolute atomic E-state index is 13.1. The number of nitrogens with two attached hydrogens (primary N) is 1. The van der Waals surface area contributed by atoms with Gasteiger partial charge in [0.1, 0.15) is 0 Å². The van der Waals surface area contributed by atoms with Crippen LogP contribution in [-0.4, -0.2) is 47.9 Å². The lowest BCUT2D eigenvalue weighted by molar-refractivity contribution is -0.134. The number of likely N-dealkylation sites (tertiary alicyclic amines) is 1. The Morgan fingerprint density at radius 1 is 1.15 bits per heavy atom. The maximum Gasteiger partial charge on any atom is 0.231 e. The molecule has 2 aromatic rings. The van der Waals surface area contributed by atoms with Crippen molar-refractivity contribution in [2.45, 2.75) is 44.3 Å². The van der Waals surface area contributed by atoms with E-state index in [1.807, 2.05) is 42.3 Å². The molecule has 0 spiro atoms. The smallest absolute Gasteiger partial charge is 0.231 e. The zero-order valence-corrected chi connectivity index (χ0v) is 16.4. The minimum Gasteiger partial charge on any atom is -0.342 e. The first kappa shape index (κ1) is 19.6. The molecule has 0 aromatic heterocycles. The van der Waals surface area contributed by atoms with Gasteiger partial charge in [-0.05, 0) is 30.9 Å². The fraction of sp³-hybridized carbons (Fsp3) is 0.435. The lowest BCUT2D eigenvalue weighted by atomic mass is 9.93. The normalized spacial score (nSPS) is 21.6. The molecular weight excluding hydrogens is 334 g/mol. The Morgan fingerprint density at radius 3 is 2.37 bits per heavy atom. The molecule has 1 fully saturated rings.